The quantitative estimate of drug-likeness (QED) is 0.772. The molecule has 102 valence electrons. The molecule has 0 aliphatic heterocycles. The summed E-state index contributed by atoms with van der Waals surface area (Å²) in [5, 5.41) is 5.77. The summed E-state index contributed by atoms with van der Waals surface area (Å²) in [6.07, 6.45) is 2.28. The lowest BCUT2D eigenvalue weighted by Gasteiger charge is -2.21. The normalized spacial score (nSPS) is 12.6. The van der Waals surface area contributed by atoms with E-state index in [0.717, 1.165) is 19.4 Å². The highest BCUT2D eigenvalue weighted by Gasteiger charge is 2.14. The first-order valence-corrected chi connectivity index (χ1v) is 8.40. The van der Waals surface area contributed by atoms with Gasteiger partial charge in [0.25, 0.3) is 0 Å². The largest absolute Gasteiger partial charge is 0.310 e. The predicted molar refractivity (Wildman–Crippen MR) is 87.9 cm³/mol. The van der Waals surface area contributed by atoms with Crippen molar-refractivity contribution in [3.63, 3.8) is 0 Å². The van der Waals surface area contributed by atoms with Gasteiger partial charge in [0.15, 0.2) is 0 Å². The Morgan fingerprint density at radius 3 is 2.79 bits per heavy atom. The molecule has 1 aromatic heterocycles. The molecule has 3 heteroatoms. The van der Waals surface area contributed by atoms with Crippen LogP contribution in [0.1, 0.15) is 35.4 Å². The van der Waals surface area contributed by atoms with E-state index in [9.17, 15) is 0 Å². The molecule has 0 radical (unpaired) electrons. The van der Waals surface area contributed by atoms with Crippen molar-refractivity contribution in [2.45, 2.75) is 32.7 Å². The maximum Gasteiger partial charge on any atom is 0.0326 e. The lowest BCUT2D eigenvalue weighted by atomic mass is 9.97. The molecule has 1 unspecified atom stereocenters. The second kappa shape index (κ2) is 7.22. The molecule has 1 nitrogen and oxygen atoms in total. The standard InChI is InChI=1S/C16H20BrNS/c1-3-18-16(10-9-13-6-5-11-19-13)14-7-4-8-15(17)12(14)2/h4-8,11,16,18H,3,9-10H2,1-2H3. The number of thiophene rings is 1. The number of halogens is 1. The highest BCUT2D eigenvalue weighted by Crippen LogP contribution is 2.28. The zero-order chi connectivity index (χ0) is 13.7. The molecule has 0 spiro atoms. The van der Waals surface area contributed by atoms with E-state index in [-0.39, 0.29) is 0 Å². The van der Waals surface area contributed by atoms with Crippen LogP contribution < -0.4 is 5.32 Å². The first-order valence-electron chi connectivity index (χ1n) is 6.73. The Morgan fingerprint density at radius 1 is 1.26 bits per heavy atom. The van der Waals surface area contributed by atoms with Gasteiger partial charge in [0.1, 0.15) is 0 Å². The zero-order valence-electron chi connectivity index (χ0n) is 11.4. The second-order valence-electron chi connectivity index (χ2n) is 4.68. The number of benzene rings is 1. The first kappa shape index (κ1) is 14.8. The van der Waals surface area contributed by atoms with E-state index in [2.05, 4.69) is 70.8 Å². The monoisotopic (exact) mass is 337 g/mol. The van der Waals surface area contributed by atoms with Gasteiger partial charge in [0, 0.05) is 15.4 Å². The second-order valence-corrected chi connectivity index (χ2v) is 6.57. The molecule has 0 fully saturated rings. The van der Waals surface area contributed by atoms with Gasteiger partial charge in [-0.25, -0.2) is 0 Å². The third-order valence-electron chi connectivity index (χ3n) is 3.40. The number of nitrogens with one attached hydrogen (secondary N) is 1. The van der Waals surface area contributed by atoms with Crippen molar-refractivity contribution in [2.75, 3.05) is 6.54 Å². The Bertz CT molecular complexity index is 507. The Hall–Kier alpha value is -0.640. The van der Waals surface area contributed by atoms with Crippen molar-refractivity contribution in [2.24, 2.45) is 0 Å². The molecule has 1 atom stereocenters. The summed E-state index contributed by atoms with van der Waals surface area (Å²) in [5.41, 5.74) is 2.76. The first-order chi connectivity index (χ1) is 9.22. The fourth-order valence-corrected chi connectivity index (χ4v) is 3.46. The number of rotatable bonds is 6. The molecule has 0 bridgehead atoms. The third kappa shape index (κ3) is 3.91. The van der Waals surface area contributed by atoms with Gasteiger partial charge in [-0.1, -0.05) is 41.1 Å². The maximum atomic E-state index is 3.63. The van der Waals surface area contributed by atoms with Gasteiger partial charge in [-0.15, -0.1) is 11.3 Å². The van der Waals surface area contributed by atoms with Crippen LogP contribution in [0.4, 0.5) is 0 Å². The molecule has 1 N–H and O–H groups in total. The van der Waals surface area contributed by atoms with Crippen molar-refractivity contribution < 1.29 is 0 Å². The molecule has 0 saturated carbocycles. The lowest BCUT2D eigenvalue weighted by Crippen LogP contribution is -2.22. The smallest absolute Gasteiger partial charge is 0.0326 e. The summed E-state index contributed by atoms with van der Waals surface area (Å²) < 4.78 is 1.20. The summed E-state index contributed by atoms with van der Waals surface area (Å²) in [6.45, 7) is 5.36. The Kier molecular flexibility index (Phi) is 5.61. The Labute approximate surface area is 128 Å². The summed E-state index contributed by atoms with van der Waals surface area (Å²) in [4.78, 5) is 1.47. The number of hydrogen-bond donors (Lipinski definition) is 1. The Balaban J connectivity index is 2.12. The predicted octanol–water partition coefficient (Wildman–Crippen LogP) is 5.10. The van der Waals surface area contributed by atoms with Crippen LogP contribution in [0, 0.1) is 6.92 Å². The molecule has 0 amide bonds. The molecule has 19 heavy (non-hydrogen) atoms. The fraction of sp³-hybridized carbons (Fsp3) is 0.375. The van der Waals surface area contributed by atoms with E-state index in [1.807, 2.05) is 11.3 Å². The van der Waals surface area contributed by atoms with E-state index in [0.29, 0.717) is 6.04 Å². The topological polar surface area (TPSA) is 12.0 Å². The van der Waals surface area contributed by atoms with Crippen molar-refractivity contribution in [3.05, 3.63) is 56.2 Å². The van der Waals surface area contributed by atoms with Crippen LogP contribution in [0.15, 0.2) is 40.2 Å². The molecule has 0 aliphatic carbocycles. The van der Waals surface area contributed by atoms with E-state index < -0.39 is 0 Å². The van der Waals surface area contributed by atoms with Crippen molar-refractivity contribution in [1.29, 1.82) is 0 Å². The van der Waals surface area contributed by atoms with Gasteiger partial charge in [0.2, 0.25) is 0 Å². The molecule has 1 heterocycles. The van der Waals surface area contributed by atoms with Crippen molar-refractivity contribution in [1.82, 2.24) is 5.32 Å². The van der Waals surface area contributed by atoms with Crippen molar-refractivity contribution in [3.8, 4) is 0 Å². The minimum atomic E-state index is 0.435. The number of aryl methyl sites for hydroxylation is 1. The third-order valence-corrected chi connectivity index (χ3v) is 5.19. The molecule has 1 aromatic carbocycles. The SMILES string of the molecule is CCNC(CCc1cccs1)c1cccc(Br)c1C. The van der Waals surface area contributed by atoms with Crippen LogP contribution in [-0.2, 0) is 6.42 Å². The van der Waals surface area contributed by atoms with Gasteiger partial charge in [-0.3, -0.25) is 0 Å². The van der Waals surface area contributed by atoms with Crippen LogP contribution in [0.5, 0.6) is 0 Å². The Morgan fingerprint density at radius 2 is 2.11 bits per heavy atom. The van der Waals surface area contributed by atoms with Crippen LogP contribution in [0.2, 0.25) is 0 Å². The molecule has 0 aliphatic rings. The number of hydrogen-bond acceptors (Lipinski definition) is 2. The van der Waals surface area contributed by atoms with Crippen LogP contribution in [-0.4, -0.2) is 6.54 Å². The van der Waals surface area contributed by atoms with Crippen LogP contribution >= 0.6 is 27.3 Å². The molecule has 2 rings (SSSR count). The van der Waals surface area contributed by atoms with Gasteiger partial charge in [-0.05, 0) is 54.9 Å². The average Bonchev–Trinajstić information content (AvgIpc) is 2.91. The molecule has 0 saturated heterocycles. The minimum absolute atomic E-state index is 0.435. The van der Waals surface area contributed by atoms with E-state index in [1.165, 1.54) is 20.5 Å². The van der Waals surface area contributed by atoms with Gasteiger partial charge >= 0.3 is 0 Å². The summed E-state index contributed by atoms with van der Waals surface area (Å²) in [7, 11) is 0. The molecule has 2 aromatic rings. The van der Waals surface area contributed by atoms with Gasteiger partial charge < -0.3 is 5.32 Å². The summed E-state index contributed by atoms with van der Waals surface area (Å²) in [6, 6.07) is 11.3. The average molecular weight is 338 g/mol. The van der Waals surface area contributed by atoms with E-state index in [4.69, 9.17) is 0 Å². The van der Waals surface area contributed by atoms with E-state index >= 15 is 0 Å². The lowest BCUT2D eigenvalue weighted by molar-refractivity contribution is 0.514. The highest BCUT2D eigenvalue weighted by molar-refractivity contribution is 9.10. The van der Waals surface area contributed by atoms with Crippen LogP contribution in [0.3, 0.4) is 0 Å². The molecular formula is C16H20BrNS. The highest BCUT2D eigenvalue weighted by atomic mass is 79.9. The fourth-order valence-electron chi connectivity index (χ4n) is 2.36. The summed E-state index contributed by atoms with van der Waals surface area (Å²) >= 11 is 5.48. The van der Waals surface area contributed by atoms with Crippen LogP contribution in [0.25, 0.3) is 0 Å². The van der Waals surface area contributed by atoms with E-state index in [1.54, 1.807) is 0 Å². The molecular weight excluding hydrogens is 318 g/mol. The van der Waals surface area contributed by atoms with Crippen molar-refractivity contribution >= 4 is 27.3 Å². The van der Waals surface area contributed by atoms with Gasteiger partial charge in [0.05, 0.1) is 0 Å². The van der Waals surface area contributed by atoms with Gasteiger partial charge in [-0.2, -0.15) is 0 Å². The zero-order valence-corrected chi connectivity index (χ0v) is 13.9. The summed E-state index contributed by atoms with van der Waals surface area (Å²) in [5.74, 6) is 0. The minimum Gasteiger partial charge on any atom is -0.310 e. The maximum absolute atomic E-state index is 3.63.